The summed E-state index contributed by atoms with van der Waals surface area (Å²) in [5.41, 5.74) is 2.61. The molecule has 0 saturated carbocycles. The third-order valence-electron chi connectivity index (χ3n) is 5.20. The van der Waals surface area contributed by atoms with Crippen molar-refractivity contribution in [1.82, 2.24) is 24.8 Å². The van der Waals surface area contributed by atoms with Crippen LogP contribution < -0.4 is 19.7 Å². The molecule has 0 radical (unpaired) electrons. The molecule has 10 heteroatoms. The first-order valence-corrected chi connectivity index (χ1v) is 9.71. The molecule has 1 aromatic carbocycles. The quantitative estimate of drug-likeness (QED) is 0.556. The highest BCUT2D eigenvalue weighted by Crippen LogP contribution is 2.33. The minimum atomic E-state index is 0.0395. The van der Waals surface area contributed by atoms with Crippen LogP contribution in [-0.4, -0.2) is 76.1 Å². The number of rotatable bonds is 6. The average molecular weight is 397 g/mol. The third kappa shape index (κ3) is 3.64. The van der Waals surface area contributed by atoms with Crippen molar-refractivity contribution in [1.29, 1.82) is 0 Å². The Morgan fingerprint density at radius 3 is 2.83 bits per heavy atom. The fourth-order valence-electron chi connectivity index (χ4n) is 3.69. The number of benzene rings is 1. The lowest BCUT2D eigenvalue weighted by Gasteiger charge is -2.34. The fourth-order valence-corrected chi connectivity index (χ4v) is 3.69. The summed E-state index contributed by atoms with van der Waals surface area (Å²) >= 11 is 0. The van der Waals surface area contributed by atoms with E-state index in [1.807, 2.05) is 6.07 Å². The second-order valence-corrected chi connectivity index (χ2v) is 7.08. The van der Waals surface area contributed by atoms with Crippen LogP contribution in [0.2, 0.25) is 0 Å². The summed E-state index contributed by atoms with van der Waals surface area (Å²) < 4.78 is 10.9. The first-order valence-electron chi connectivity index (χ1n) is 9.71. The number of aliphatic hydroxyl groups excluding tert-OH is 1. The van der Waals surface area contributed by atoms with Gasteiger partial charge in [-0.2, -0.15) is 4.98 Å². The molecule has 0 unspecified atom stereocenters. The maximum absolute atomic E-state index is 9.03. The molecule has 3 aromatic rings. The van der Waals surface area contributed by atoms with E-state index in [9.17, 15) is 0 Å². The van der Waals surface area contributed by atoms with Gasteiger partial charge in [0.05, 0.1) is 6.61 Å². The van der Waals surface area contributed by atoms with Crippen molar-refractivity contribution in [2.24, 2.45) is 0 Å². The van der Waals surface area contributed by atoms with Crippen LogP contribution in [0.4, 0.5) is 11.8 Å². The number of hydrogen-bond donors (Lipinski definition) is 3. The first kappa shape index (κ1) is 18.0. The van der Waals surface area contributed by atoms with Crippen LogP contribution in [0.3, 0.4) is 0 Å². The molecule has 1 fully saturated rings. The smallest absolute Gasteiger partial charge is 0.231 e. The molecular formula is C19H23N7O3. The van der Waals surface area contributed by atoms with Crippen LogP contribution >= 0.6 is 0 Å². The number of piperazine rings is 1. The number of aromatic amines is 1. The maximum atomic E-state index is 9.03. The van der Waals surface area contributed by atoms with Crippen molar-refractivity contribution in [3.63, 3.8) is 0 Å². The van der Waals surface area contributed by atoms with Crippen molar-refractivity contribution >= 4 is 22.9 Å². The van der Waals surface area contributed by atoms with Gasteiger partial charge in [-0.15, -0.1) is 0 Å². The van der Waals surface area contributed by atoms with Gasteiger partial charge in [-0.25, -0.2) is 9.97 Å². The number of fused-ring (bicyclic) bond motifs is 2. The standard InChI is InChI=1S/C19H23N7O3/c27-8-3-20-17-16-18(22-11-21-17)24-19(23-16)26-6-4-25(5-7-26)10-13-1-2-14-15(9-13)29-12-28-14/h1-2,9,11,27H,3-8,10,12H2,(H2,20,21,22,23,24). The number of anilines is 2. The number of aliphatic hydroxyl groups is 1. The predicted octanol–water partition coefficient (Wildman–Crippen LogP) is 0.808. The van der Waals surface area contributed by atoms with E-state index < -0.39 is 0 Å². The molecule has 2 aromatic heterocycles. The minimum Gasteiger partial charge on any atom is -0.454 e. The largest absolute Gasteiger partial charge is 0.454 e. The van der Waals surface area contributed by atoms with E-state index in [0.29, 0.717) is 24.8 Å². The van der Waals surface area contributed by atoms with E-state index >= 15 is 0 Å². The minimum absolute atomic E-state index is 0.0395. The van der Waals surface area contributed by atoms with Gasteiger partial charge in [0.25, 0.3) is 0 Å². The molecule has 29 heavy (non-hydrogen) atoms. The van der Waals surface area contributed by atoms with E-state index in [-0.39, 0.29) is 6.61 Å². The molecule has 5 rings (SSSR count). The molecule has 2 aliphatic rings. The molecule has 4 heterocycles. The summed E-state index contributed by atoms with van der Waals surface area (Å²) in [5, 5.41) is 12.1. The van der Waals surface area contributed by atoms with E-state index in [2.05, 4.69) is 47.2 Å². The number of ether oxygens (including phenoxy) is 2. The summed E-state index contributed by atoms with van der Waals surface area (Å²) in [4.78, 5) is 21.1. The van der Waals surface area contributed by atoms with Crippen molar-refractivity contribution in [3.8, 4) is 11.5 Å². The average Bonchev–Trinajstić information content (AvgIpc) is 3.39. The second-order valence-electron chi connectivity index (χ2n) is 7.08. The Labute approximate surface area is 167 Å². The number of hydrogen-bond acceptors (Lipinski definition) is 9. The molecule has 10 nitrogen and oxygen atoms in total. The van der Waals surface area contributed by atoms with Gasteiger partial charge in [0.1, 0.15) is 11.8 Å². The van der Waals surface area contributed by atoms with Gasteiger partial charge < -0.3 is 29.8 Å². The lowest BCUT2D eigenvalue weighted by Crippen LogP contribution is -2.46. The van der Waals surface area contributed by atoms with Gasteiger partial charge in [-0.05, 0) is 17.7 Å². The van der Waals surface area contributed by atoms with Crippen molar-refractivity contribution in [2.75, 3.05) is 56.3 Å². The Kier molecular flexibility index (Phi) is 4.78. The zero-order valence-corrected chi connectivity index (χ0v) is 16.0. The highest BCUT2D eigenvalue weighted by molar-refractivity contribution is 5.84. The molecule has 0 spiro atoms. The summed E-state index contributed by atoms with van der Waals surface area (Å²) in [6.45, 7) is 5.27. The van der Waals surface area contributed by atoms with Crippen molar-refractivity contribution in [2.45, 2.75) is 6.54 Å². The van der Waals surface area contributed by atoms with Crippen LogP contribution in [-0.2, 0) is 6.54 Å². The zero-order chi connectivity index (χ0) is 19.6. The molecule has 0 atom stereocenters. The molecule has 2 aliphatic heterocycles. The zero-order valence-electron chi connectivity index (χ0n) is 16.0. The van der Waals surface area contributed by atoms with Crippen LogP contribution in [0.25, 0.3) is 11.2 Å². The third-order valence-corrected chi connectivity index (χ3v) is 5.20. The molecular weight excluding hydrogens is 374 g/mol. The highest BCUT2D eigenvalue weighted by atomic mass is 16.7. The lowest BCUT2D eigenvalue weighted by molar-refractivity contribution is 0.174. The Balaban J connectivity index is 1.23. The van der Waals surface area contributed by atoms with Crippen molar-refractivity contribution < 1.29 is 14.6 Å². The lowest BCUT2D eigenvalue weighted by atomic mass is 10.1. The Bertz CT molecular complexity index is 1000. The Morgan fingerprint density at radius 1 is 1.10 bits per heavy atom. The molecule has 0 aliphatic carbocycles. The topological polar surface area (TPSA) is 112 Å². The maximum Gasteiger partial charge on any atom is 0.231 e. The predicted molar refractivity (Wildman–Crippen MR) is 107 cm³/mol. The SMILES string of the molecule is OCCNc1ncnc2nc(N3CCN(Cc4ccc5c(c4)OCO5)CC3)[nH]c12. The van der Waals surface area contributed by atoms with Gasteiger partial charge in [0.15, 0.2) is 23.0 Å². The molecule has 0 amide bonds. The molecule has 1 saturated heterocycles. The van der Waals surface area contributed by atoms with E-state index in [4.69, 9.17) is 14.6 Å². The van der Waals surface area contributed by atoms with Crippen LogP contribution in [0.15, 0.2) is 24.5 Å². The number of aromatic nitrogens is 4. The van der Waals surface area contributed by atoms with E-state index in [1.165, 1.54) is 11.9 Å². The van der Waals surface area contributed by atoms with Gasteiger partial charge in [-0.1, -0.05) is 6.07 Å². The monoisotopic (exact) mass is 397 g/mol. The molecule has 3 N–H and O–H groups in total. The summed E-state index contributed by atoms with van der Waals surface area (Å²) in [7, 11) is 0. The highest BCUT2D eigenvalue weighted by Gasteiger charge is 2.22. The van der Waals surface area contributed by atoms with E-state index in [0.717, 1.165) is 55.7 Å². The van der Waals surface area contributed by atoms with Crippen LogP contribution in [0.5, 0.6) is 11.5 Å². The molecule has 152 valence electrons. The second kappa shape index (κ2) is 7.72. The number of imidazole rings is 1. The number of H-pyrrole nitrogens is 1. The van der Waals surface area contributed by atoms with Crippen LogP contribution in [0, 0.1) is 0 Å². The Morgan fingerprint density at radius 2 is 1.97 bits per heavy atom. The normalized spacial score (nSPS) is 16.5. The van der Waals surface area contributed by atoms with Gasteiger partial charge in [-0.3, -0.25) is 4.90 Å². The van der Waals surface area contributed by atoms with Crippen LogP contribution in [0.1, 0.15) is 5.56 Å². The summed E-state index contributed by atoms with van der Waals surface area (Å²) in [6, 6.07) is 6.14. The number of nitrogens with zero attached hydrogens (tertiary/aromatic N) is 5. The Hall–Kier alpha value is -3.11. The fraction of sp³-hybridized carbons (Fsp3) is 0.421. The summed E-state index contributed by atoms with van der Waals surface area (Å²) in [5.74, 6) is 3.11. The van der Waals surface area contributed by atoms with Gasteiger partial charge in [0, 0.05) is 39.3 Å². The molecule has 0 bridgehead atoms. The van der Waals surface area contributed by atoms with Gasteiger partial charge in [0.2, 0.25) is 12.7 Å². The first-order chi connectivity index (χ1) is 14.3. The van der Waals surface area contributed by atoms with Gasteiger partial charge >= 0.3 is 0 Å². The summed E-state index contributed by atoms with van der Waals surface area (Å²) in [6.07, 6.45) is 1.48. The number of nitrogens with one attached hydrogen (secondary N) is 2. The van der Waals surface area contributed by atoms with E-state index in [1.54, 1.807) is 0 Å². The van der Waals surface area contributed by atoms with Crippen molar-refractivity contribution in [3.05, 3.63) is 30.1 Å².